The first-order valence-corrected chi connectivity index (χ1v) is 3.94. The highest BCUT2D eigenvalue weighted by molar-refractivity contribution is 5.34. The van der Waals surface area contributed by atoms with Crippen molar-refractivity contribution in [3.05, 3.63) is 27.7 Å². The van der Waals surface area contributed by atoms with E-state index >= 15 is 0 Å². The monoisotopic (exact) mass is 243 g/mol. The molecule has 0 radical (unpaired) electrons. The number of aromatic nitrogens is 1. The van der Waals surface area contributed by atoms with Crippen LogP contribution in [0.5, 0.6) is 5.75 Å². The van der Waals surface area contributed by atoms with Crippen molar-refractivity contribution in [2.75, 3.05) is 7.11 Å². The van der Waals surface area contributed by atoms with Gasteiger partial charge in [0.15, 0.2) is 5.75 Å². The summed E-state index contributed by atoms with van der Waals surface area (Å²) in [5.41, 5.74) is -3.96. The predicted octanol–water partition coefficient (Wildman–Crippen LogP) is 2.34. The van der Waals surface area contributed by atoms with E-state index in [2.05, 4.69) is 4.74 Å². The average molecular weight is 243 g/mol. The summed E-state index contributed by atoms with van der Waals surface area (Å²) < 4.78 is 65.6. The maximum Gasteiger partial charge on any atom is 0.431 e. The van der Waals surface area contributed by atoms with Crippen LogP contribution in [0.25, 0.3) is 0 Å². The molecule has 0 atom stereocenters. The molecule has 0 amide bonds. The molecule has 1 N–H and O–H groups in total. The van der Waals surface area contributed by atoms with Crippen LogP contribution in [0.1, 0.15) is 17.7 Å². The lowest BCUT2D eigenvalue weighted by Crippen LogP contribution is -2.19. The molecule has 1 heterocycles. The molecule has 1 aromatic heterocycles. The van der Waals surface area contributed by atoms with Crippen LogP contribution < -0.4 is 10.3 Å². The zero-order valence-corrected chi connectivity index (χ0v) is 7.86. The first-order chi connectivity index (χ1) is 7.27. The van der Waals surface area contributed by atoms with Gasteiger partial charge in [-0.05, 0) is 6.07 Å². The van der Waals surface area contributed by atoms with Crippen molar-refractivity contribution in [2.45, 2.75) is 12.6 Å². The highest BCUT2D eigenvalue weighted by Gasteiger charge is 2.34. The molecule has 1 aromatic rings. The summed E-state index contributed by atoms with van der Waals surface area (Å²) >= 11 is 0. The minimum Gasteiger partial charge on any atom is -0.491 e. The van der Waals surface area contributed by atoms with Gasteiger partial charge in [0, 0.05) is 0 Å². The molecule has 0 bridgehead atoms. The summed E-state index contributed by atoms with van der Waals surface area (Å²) in [4.78, 5) is 12.5. The molecule has 3 nitrogen and oxygen atoms in total. The number of pyridine rings is 1. The topological polar surface area (TPSA) is 42.1 Å². The molecule has 16 heavy (non-hydrogen) atoms. The highest BCUT2D eigenvalue weighted by atomic mass is 19.4. The summed E-state index contributed by atoms with van der Waals surface area (Å²) in [5.74, 6) is -0.817. The zero-order chi connectivity index (χ0) is 12.5. The van der Waals surface area contributed by atoms with Gasteiger partial charge in [0.2, 0.25) is 0 Å². The molecule has 0 fully saturated rings. The van der Waals surface area contributed by atoms with Crippen molar-refractivity contribution in [2.24, 2.45) is 0 Å². The highest BCUT2D eigenvalue weighted by Crippen LogP contribution is 2.32. The number of hydrogen-bond acceptors (Lipinski definition) is 2. The fourth-order valence-corrected chi connectivity index (χ4v) is 1.09. The standard InChI is InChI=1S/C8H6F5NO2/c1-16-5-3(6(9)10)2-4(8(11,12)13)14-7(5)15/h2,6H,1H3,(H,14,15). The van der Waals surface area contributed by atoms with Gasteiger partial charge >= 0.3 is 6.18 Å². The predicted molar refractivity (Wildman–Crippen MR) is 43.6 cm³/mol. The minimum absolute atomic E-state index is 0.158. The van der Waals surface area contributed by atoms with E-state index in [1.165, 1.54) is 4.98 Å². The number of H-pyrrole nitrogens is 1. The Balaban J connectivity index is 3.46. The van der Waals surface area contributed by atoms with Crippen molar-refractivity contribution in [3.63, 3.8) is 0 Å². The molecular formula is C8H6F5NO2. The number of alkyl halides is 5. The molecule has 0 aliphatic rings. The Morgan fingerprint density at radius 1 is 1.38 bits per heavy atom. The number of nitrogens with one attached hydrogen (secondary N) is 1. The van der Waals surface area contributed by atoms with Crippen LogP contribution in [0.4, 0.5) is 22.0 Å². The van der Waals surface area contributed by atoms with Crippen molar-refractivity contribution < 1.29 is 26.7 Å². The van der Waals surface area contributed by atoms with Crippen LogP contribution in [0.15, 0.2) is 10.9 Å². The molecule has 90 valence electrons. The van der Waals surface area contributed by atoms with E-state index in [0.717, 1.165) is 7.11 Å². The summed E-state index contributed by atoms with van der Waals surface area (Å²) in [6.07, 6.45) is -8.12. The second-order valence-corrected chi connectivity index (χ2v) is 2.80. The van der Waals surface area contributed by atoms with Crippen molar-refractivity contribution in [1.29, 1.82) is 0 Å². The molecule has 0 aliphatic carbocycles. The van der Waals surface area contributed by atoms with E-state index in [0.29, 0.717) is 0 Å². The summed E-state index contributed by atoms with van der Waals surface area (Å²) in [6.45, 7) is 0. The fraction of sp³-hybridized carbons (Fsp3) is 0.375. The molecule has 0 saturated heterocycles. The van der Waals surface area contributed by atoms with Gasteiger partial charge in [0.1, 0.15) is 5.69 Å². The van der Waals surface area contributed by atoms with Gasteiger partial charge in [-0.1, -0.05) is 0 Å². The Bertz CT molecular complexity index is 437. The van der Waals surface area contributed by atoms with Crippen LogP contribution in [-0.4, -0.2) is 12.1 Å². The summed E-state index contributed by atoms with van der Waals surface area (Å²) in [7, 11) is 0.920. The lowest BCUT2D eigenvalue weighted by molar-refractivity contribution is -0.141. The SMILES string of the molecule is COc1c(C(F)F)cc(C(F)(F)F)[nH]c1=O. The first kappa shape index (κ1) is 12.5. The Morgan fingerprint density at radius 2 is 1.94 bits per heavy atom. The second-order valence-electron chi connectivity index (χ2n) is 2.80. The molecule has 8 heteroatoms. The first-order valence-electron chi connectivity index (χ1n) is 3.94. The van der Waals surface area contributed by atoms with E-state index in [9.17, 15) is 26.7 Å². The number of halogens is 5. The minimum atomic E-state index is -4.89. The zero-order valence-electron chi connectivity index (χ0n) is 7.86. The van der Waals surface area contributed by atoms with Crippen LogP contribution >= 0.6 is 0 Å². The van der Waals surface area contributed by atoms with Gasteiger partial charge < -0.3 is 9.72 Å². The lowest BCUT2D eigenvalue weighted by atomic mass is 10.2. The summed E-state index contributed by atoms with van der Waals surface area (Å²) in [5, 5.41) is 0. The summed E-state index contributed by atoms with van der Waals surface area (Å²) in [6, 6.07) is 0.158. The van der Waals surface area contributed by atoms with E-state index < -0.39 is 35.2 Å². The van der Waals surface area contributed by atoms with Gasteiger partial charge in [-0.25, -0.2) is 8.78 Å². The Hall–Kier alpha value is -1.60. The third kappa shape index (κ3) is 2.31. The van der Waals surface area contributed by atoms with Gasteiger partial charge in [0.25, 0.3) is 12.0 Å². The maximum absolute atomic E-state index is 12.4. The van der Waals surface area contributed by atoms with E-state index in [1.807, 2.05) is 0 Å². The van der Waals surface area contributed by atoms with Crippen LogP contribution in [0, 0.1) is 0 Å². The lowest BCUT2D eigenvalue weighted by Gasteiger charge is -2.11. The number of rotatable bonds is 2. The van der Waals surface area contributed by atoms with E-state index in [4.69, 9.17) is 0 Å². The number of ether oxygens (including phenoxy) is 1. The van der Waals surface area contributed by atoms with Crippen LogP contribution in [-0.2, 0) is 6.18 Å². The van der Waals surface area contributed by atoms with Crippen molar-refractivity contribution >= 4 is 0 Å². The average Bonchev–Trinajstić information content (AvgIpc) is 2.14. The third-order valence-corrected chi connectivity index (χ3v) is 1.76. The normalized spacial score (nSPS) is 11.9. The van der Waals surface area contributed by atoms with Gasteiger partial charge in [-0.2, -0.15) is 13.2 Å². The molecule has 0 unspecified atom stereocenters. The number of aromatic amines is 1. The molecular weight excluding hydrogens is 237 g/mol. The number of hydrogen-bond donors (Lipinski definition) is 1. The second kappa shape index (κ2) is 4.11. The molecule has 0 aliphatic heterocycles. The van der Waals surface area contributed by atoms with Crippen molar-refractivity contribution in [1.82, 2.24) is 4.98 Å². The molecule has 0 aromatic carbocycles. The number of methoxy groups -OCH3 is 1. The Labute approximate surface area is 85.8 Å². The van der Waals surface area contributed by atoms with Gasteiger partial charge in [0.05, 0.1) is 12.7 Å². The third-order valence-electron chi connectivity index (χ3n) is 1.76. The van der Waals surface area contributed by atoms with E-state index in [-0.39, 0.29) is 6.07 Å². The van der Waals surface area contributed by atoms with E-state index in [1.54, 1.807) is 0 Å². The fourth-order valence-electron chi connectivity index (χ4n) is 1.09. The van der Waals surface area contributed by atoms with Crippen molar-refractivity contribution in [3.8, 4) is 5.75 Å². The van der Waals surface area contributed by atoms with Gasteiger partial charge in [-0.3, -0.25) is 4.79 Å². The molecule has 1 rings (SSSR count). The molecule has 0 saturated carbocycles. The van der Waals surface area contributed by atoms with Crippen LogP contribution in [0.3, 0.4) is 0 Å². The largest absolute Gasteiger partial charge is 0.491 e. The quantitative estimate of drug-likeness (QED) is 0.810. The van der Waals surface area contributed by atoms with Crippen LogP contribution in [0.2, 0.25) is 0 Å². The van der Waals surface area contributed by atoms with Gasteiger partial charge in [-0.15, -0.1) is 0 Å². The Morgan fingerprint density at radius 3 is 2.31 bits per heavy atom. The smallest absolute Gasteiger partial charge is 0.431 e. The maximum atomic E-state index is 12.4. The Kier molecular flexibility index (Phi) is 3.20. The molecule has 0 spiro atoms.